The molecule has 22 heavy (non-hydrogen) atoms. The van der Waals surface area contributed by atoms with Gasteiger partial charge >= 0.3 is 0 Å². The van der Waals surface area contributed by atoms with Gasteiger partial charge in [0.25, 0.3) is 0 Å². The van der Waals surface area contributed by atoms with Gasteiger partial charge in [-0.1, -0.05) is 35.4 Å². The minimum Gasteiger partial charge on any atom is -0.368 e. The van der Waals surface area contributed by atoms with E-state index in [0.29, 0.717) is 0 Å². The van der Waals surface area contributed by atoms with E-state index < -0.39 is 0 Å². The van der Waals surface area contributed by atoms with E-state index in [9.17, 15) is 0 Å². The number of piperazine rings is 1. The Morgan fingerprint density at radius 2 is 0.955 bits per heavy atom. The van der Waals surface area contributed by atoms with Crippen LogP contribution < -0.4 is 9.80 Å². The molecule has 1 aliphatic heterocycles. The highest BCUT2D eigenvalue weighted by Crippen LogP contribution is 2.26. The summed E-state index contributed by atoms with van der Waals surface area (Å²) in [4.78, 5) is 5.05. The fourth-order valence-corrected chi connectivity index (χ4v) is 3.51. The third-order valence-corrected chi connectivity index (χ3v) is 4.67. The van der Waals surface area contributed by atoms with Crippen LogP contribution in [0, 0.1) is 27.7 Å². The van der Waals surface area contributed by atoms with Gasteiger partial charge in [-0.25, -0.2) is 0 Å². The van der Waals surface area contributed by atoms with Crippen LogP contribution in [0.4, 0.5) is 11.4 Å². The van der Waals surface area contributed by atoms with Crippen LogP contribution in [0.15, 0.2) is 36.4 Å². The Hall–Kier alpha value is -1.96. The Bertz CT molecular complexity index is 608. The number of anilines is 2. The van der Waals surface area contributed by atoms with Crippen LogP contribution in [0.25, 0.3) is 0 Å². The lowest BCUT2D eigenvalue weighted by atomic mass is 10.1. The van der Waals surface area contributed by atoms with Gasteiger partial charge in [-0.3, -0.25) is 0 Å². The first-order valence-electron chi connectivity index (χ1n) is 8.19. The summed E-state index contributed by atoms with van der Waals surface area (Å²) in [5, 5.41) is 0. The molecule has 3 rings (SSSR count). The molecule has 0 radical (unpaired) electrons. The summed E-state index contributed by atoms with van der Waals surface area (Å²) in [5.41, 5.74) is 8.25. The van der Waals surface area contributed by atoms with Crippen LogP contribution in [0.1, 0.15) is 22.3 Å². The molecule has 2 aromatic rings. The Balaban J connectivity index is 1.72. The maximum Gasteiger partial charge on any atom is 0.0397 e. The summed E-state index contributed by atoms with van der Waals surface area (Å²) in [6.45, 7) is 13.1. The first-order valence-corrected chi connectivity index (χ1v) is 8.19. The highest BCUT2D eigenvalue weighted by molar-refractivity contribution is 5.58. The molecule has 116 valence electrons. The Kier molecular flexibility index (Phi) is 4.10. The SMILES string of the molecule is Cc1ccc(N2CCN(c3ccc(C)cc3C)CC2)c(C)c1. The topological polar surface area (TPSA) is 6.48 Å². The molecule has 1 saturated heterocycles. The van der Waals surface area contributed by atoms with Crippen LogP contribution in [-0.2, 0) is 0 Å². The smallest absolute Gasteiger partial charge is 0.0397 e. The standard InChI is InChI=1S/C20H26N2/c1-15-5-7-19(17(3)13-15)21-9-11-22(12-10-21)20-8-6-16(2)14-18(20)4/h5-8,13-14H,9-12H2,1-4H3. The molecule has 0 N–H and O–H groups in total. The normalized spacial score (nSPS) is 15.3. The van der Waals surface area contributed by atoms with E-state index in [-0.39, 0.29) is 0 Å². The average molecular weight is 294 g/mol. The molecule has 0 bridgehead atoms. The number of rotatable bonds is 2. The number of hydrogen-bond donors (Lipinski definition) is 0. The summed E-state index contributed by atoms with van der Waals surface area (Å²) in [6, 6.07) is 13.6. The lowest BCUT2D eigenvalue weighted by molar-refractivity contribution is 0.651. The highest BCUT2D eigenvalue weighted by Gasteiger charge is 2.19. The third-order valence-electron chi connectivity index (χ3n) is 4.67. The largest absolute Gasteiger partial charge is 0.368 e. The molecule has 0 saturated carbocycles. The van der Waals surface area contributed by atoms with Crippen LogP contribution in [0.3, 0.4) is 0 Å². The lowest BCUT2D eigenvalue weighted by Gasteiger charge is -2.38. The predicted octanol–water partition coefficient (Wildman–Crippen LogP) is 4.25. The van der Waals surface area contributed by atoms with E-state index in [1.54, 1.807) is 0 Å². The second-order valence-corrected chi connectivity index (χ2v) is 6.55. The average Bonchev–Trinajstić information content (AvgIpc) is 2.48. The lowest BCUT2D eigenvalue weighted by Crippen LogP contribution is -2.47. The number of benzene rings is 2. The van der Waals surface area contributed by atoms with Crippen molar-refractivity contribution in [2.45, 2.75) is 27.7 Å². The van der Waals surface area contributed by atoms with Gasteiger partial charge < -0.3 is 9.80 Å². The summed E-state index contributed by atoms with van der Waals surface area (Å²) in [5.74, 6) is 0. The van der Waals surface area contributed by atoms with Crippen molar-refractivity contribution in [3.63, 3.8) is 0 Å². The van der Waals surface area contributed by atoms with Gasteiger partial charge in [0.05, 0.1) is 0 Å². The van der Waals surface area contributed by atoms with E-state index in [1.807, 2.05) is 0 Å². The van der Waals surface area contributed by atoms with Gasteiger partial charge in [0.2, 0.25) is 0 Å². The van der Waals surface area contributed by atoms with Gasteiger partial charge in [-0.2, -0.15) is 0 Å². The van der Waals surface area contributed by atoms with Gasteiger partial charge in [-0.05, 0) is 51.0 Å². The van der Waals surface area contributed by atoms with E-state index in [1.165, 1.54) is 33.6 Å². The maximum atomic E-state index is 2.52. The molecule has 2 aromatic carbocycles. The van der Waals surface area contributed by atoms with Gasteiger partial charge in [-0.15, -0.1) is 0 Å². The second kappa shape index (κ2) is 6.04. The summed E-state index contributed by atoms with van der Waals surface area (Å²) >= 11 is 0. The molecule has 2 heteroatoms. The van der Waals surface area contributed by atoms with Crippen molar-refractivity contribution in [1.29, 1.82) is 0 Å². The molecular formula is C20H26N2. The summed E-state index contributed by atoms with van der Waals surface area (Å²) in [7, 11) is 0. The molecule has 1 heterocycles. The van der Waals surface area contributed by atoms with Crippen LogP contribution in [-0.4, -0.2) is 26.2 Å². The van der Waals surface area contributed by atoms with E-state index in [4.69, 9.17) is 0 Å². The first kappa shape index (κ1) is 15.0. The molecule has 0 atom stereocenters. The van der Waals surface area contributed by atoms with Gasteiger partial charge in [0.1, 0.15) is 0 Å². The van der Waals surface area contributed by atoms with Crippen molar-refractivity contribution >= 4 is 11.4 Å². The van der Waals surface area contributed by atoms with Crippen LogP contribution in [0.2, 0.25) is 0 Å². The zero-order valence-corrected chi connectivity index (χ0v) is 14.2. The molecule has 1 aliphatic rings. The second-order valence-electron chi connectivity index (χ2n) is 6.55. The van der Waals surface area contributed by atoms with Crippen molar-refractivity contribution in [3.8, 4) is 0 Å². The van der Waals surface area contributed by atoms with E-state index in [2.05, 4.69) is 73.9 Å². The number of aryl methyl sites for hydroxylation is 4. The Morgan fingerprint density at radius 1 is 0.591 bits per heavy atom. The van der Waals surface area contributed by atoms with Gasteiger partial charge in [0, 0.05) is 37.6 Å². The fraction of sp³-hybridized carbons (Fsp3) is 0.400. The molecule has 0 amide bonds. The first-order chi connectivity index (χ1) is 10.5. The van der Waals surface area contributed by atoms with E-state index >= 15 is 0 Å². The Labute approximate surface area is 134 Å². The quantitative estimate of drug-likeness (QED) is 0.817. The van der Waals surface area contributed by atoms with Crippen LogP contribution >= 0.6 is 0 Å². The molecule has 0 aliphatic carbocycles. The summed E-state index contributed by atoms with van der Waals surface area (Å²) in [6.07, 6.45) is 0. The predicted molar refractivity (Wildman–Crippen MR) is 96.3 cm³/mol. The number of hydrogen-bond acceptors (Lipinski definition) is 2. The molecule has 2 nitrogen and oxygen atoms in total. The highest BCUT2D eigenvalue weighted by atomic mass is 15.3. The van der Waals surface area contributed by atoms with Crippen molar-refractivity contribution < 1.29 is 0 Å². The van der Waals surface area contributed by atoms with Crippen molar-refractivity contribution in [2.75, 3.05) is 36.0 Å². The molecule has 0 unspecified atom stereocenters. The maximum absolute atomic E-state index is 2.52. The van der Waals surface area contributed by atoms with Crippen molar-refractivity contribution in [1.82, 2.24) is 0 Å². The van der Waals surface area contributed by atoms with E-state index in [0.717, 1.165) is 26.2 Å². The zero-order valence-electron chi connectivity index (χ0n) is 14.2. The number of nitrogens with zero attached hydrogens (tertiary/aromatic N) is 2. The van der Waals surface area contributed by atoms with Gasteiger partial charge in [0.15, 0.2) is 0 Å². The molecule has 0 aromatic heterocycles. The fourth-order valence-electron chi connectivity index (χ4n) is 3.51. The Morgan fingerprint density at radius 3 is 1.27 bits per heavy atom. The molecular weight excluding hydrogens is 268 g/mol. The monoisotopic (exact) mass is 294 g/mol. The molecule has 0 spiro atoms. The summed E-state index contributed by atoms with van der Waals surface area (Å²) < 4.78 is 0. The molecule has 1 fully saturated rings. The van der Waals surface area contributed by atoms with Crippen molar-refractivity contribution in [2.24, 2.45) is 0 Å². The van der Waals surface area contributed by atoms with Crippen molar-refractivity contribution in [3.05, 3.63) is 58.7 Å². The zero-order chi connectivity index (χ0) is 15.7. The minimum atomic E-state index is 1.09. The van der Waals surface area contributed by atoms with Crippen LogP contribution in [0.5, 0.6) is 0 Å². The minimum absolute atomic E-state index is 1.09. The third kappa shape index (κ3) is 2.96.